The molecule has 1 aliphatic carbocycles. The molecule has 136 valence electrons. The Morgan fingerprint density at radius 2 is 1.80 bits per heavy atom. The molecule has 0 spiro atoms. The summed E-state index contributed by atoms with van der Waals surface area (Å²) in [6.07, 6.45) is 4.20. The molecule has 6 heteroatoms. The summed E-state index contributed by atoms with van der Waals surface area (Å²) in [5, 5.41) is 14.7. The monoisotopic (exact) mass is 346 g/mol. The first-order valence-corrected chi connectivity index (χ1v) is 8.82. The van der Waals surface area contributed by atoms with E-state index < -0.39 is 17.9 Å². The molecule has 3 N–H and O–H groups in total. The second-order valence-electron chi connectivity index (χ2n) is 6.68. The van der Waals surface area contributed by atoms with Gasteiger partial charge in [0.2, 0.25) is 11.8 Å². The molecule has 1 aromatic carbocycles. The molecular formula is C19H26N2O4. The first-order chi connectivity index (χ1) is 12.0. The SMILES string of the molecule is CC(NC(=O)C1CCCC1)C(=O)NCC(Cc1ccccc1)C(=O)O. The summed E-state index contributed by atoms with van der Waals surface area (Å²) >= 11 is 0. The summed E-state index contributed by atoms with van der Waals surface area (Å²) in [6.45, 7) is 1.65. The van der Waals surface area contributed by atoms with Crippen LogP contribution in [0.2, 0.25) is 0 Å². The predicted molar refractivity (Wildman–Crippen MR) is 93.8 cm³/mol. The van der Waals surface area contributed by atoms with E-state index in [1.54, 1.807) is 6.92 Å². The lowest BCUT2D eigenvalue weighted by Gasteiger charge is -2.18. The van der Waals surface area contributed by atoms with Crippen molar-refractivity contribution < 1.29 is 19.5 Å². The molecule has 0 aromatic heterocycles. The summed E-state index contributed by atoms with van der Waals surface area (Å²) < 4.78 is 0. The second-order valence-corrected chi connectivity index (χ2v) is 6.68. The summed E-state index contributed by atoms with van der Waals surface area (Å²) in [6, 6.07) is 8.64. The molecule has 0 radical (unpaired) electrons. The molecule has 6 nitrogen and oxygen atoms in total. The van der Waals surface area contributed by atoms with Gasteiger partial charge in [0.1, 0.15) is 6.04 Å². The maximum atomic E-state index is 12.2. The quantitative estimate of drug-likeness (QED) is 0.668. The Hall–Kier alpha value is -2.37. The zero-order chi connectivity index (χ0) is 18.2. The van der Waals surface area contributed by atoms with Gasteiger partial charge in [0.15, 0.2) is 0 Å². The van der Waals surface area contributed by atoms with Crippen molar-refractivity contribution in [3.63, 3.8) is 0 Å². The highest BCUT2D eigenvalue weighted by Crippen LogP contribution is 2.24. The van der Waals surface area contributed by atoms with Gasteiger partial charge in [-0.3, -0.25) is 14.4 Å². The molecule has 0 saturated heterocycles. The number of carbonyl (C=O) groups is 3. The zero-order valence-electron chi connectivity index (χ0n) is 14.5. The Bertz CT molecular complexity index is 597. The Labute approximate surface area is 148 Å². The van der Waals surface area contributed by atoms with Crippen molar-refractivity contribution >= 4 is 17.8 Å². The van der Waals surface area contributed by atoms with Crippen molar-refractivity contribution in [2.75, 3.05) is 6.54 Å². The third-order valence-electron chi connectivity index (χ3n) is 4.67. The third-order valence-corrected chi connectivity index (χ3v) is 4.67. The van der Waals surface area contributed by atoms with Crippen LogP contribution in [0.15, 0.2) is 30.3 Å². The maximum absolute atomic E-state index is 12.2. The highest BCUT2D eigenvalue weighted by Gasteiger charge is 2.26. The highest BCUT2D eigenvalue weighted by molar-refractivity contribution is 5.88. The second kappa shape index (κ2) is 9.20. The van der Waals surface area contributed by atoms with Crippen LogP contribution >= 0.6 is 0 Å². The van der Waals surface area contributed by atoms with Crippen molar-refractivity contribution in [1.82, 2.24) is 10.6 Å². The van der Waals surface area contributed by atoms with Gasteiger partial charge < -0.3 is 15.7 Å². The minimum atomic E-state index is -0.952. The molecule has 1 fully saturated rings. The lowest BCUT2D eigenvalue weighted by Crippen LogP contribution is -2.48. The largest absolute Gasteiger partial charge is 0.481 e. The number of carbonyl (C=O) groups excluding carboxylic acids is 2. The maximum Gasteiger partial charge on any atom is 0.308 e. The van der Waals surface area contributed by atoms with Gasteiger partial charge >= 0.3 is 5.97 Å². The highest BCUT2D eigenvalue weighted by atomic mass is 16.4. The smallest absolute Gasteiger partial charge is 0.308 e. The average molecular weight is 346 g/mol. The zero-order valence-corrected chi connectivity index (χ0v) is 14.5. The van der Waals surface area contributed by atoms with E-state index in [1.807, 2.05) is 30.3 Å². The van der Waals surface area contributed by atoms with Crippen LogP contribution in [0.3, 0.4) is 0 Å². The fourth-order valence-corrected chi connectivity index (χ4v) is 3.11. The van der Waals surface area contributed by atoms with Gasteiger partial charge in [-0.15, -0.1) is 0 Å². The molecule has 2 rings (SSSR count). The number of aliphatic carboxylic acids is 1. The average Bonchev–Trinajstić information content (AvgIpc) is 3.13. The molecule has 0 heterocycles. The Morgan fingerprint density at radius 1 is 1.16 bits per heavy atom. The van der Waals surface area contributed by atoms with Crippen LogP contribution in [0.25, 0.3) is 0 Å². The third kappa shape index (κ3) is 5.89. The molecule has 1 aromatic rings. The van der Waals surface area contributed by atoms with Gasteiger partial charge in [0, 0.05) is 12.5 Å². The van der Waals surface area contributed by atoms with Crippen LogP contribution in [-0.4, -0.2) is 35.5 Å². The van der Waals surface area contributed by atoms with Crippen LogP contribution in [0.5, 0.6) is 0 Å². The van der Waals surface area contributed by atoms with E-state index in [0.717, 1.165) is 31.2 Å². The van der Waals surface area contributed by atoms with Gasteiger partial charge in [0.25, 0.3) is 0 Å². The first-order valence-electron chi connectivity index (χ1n) is 8.82. The van der Waals surface area contributed by atoms with E-state index >= 15 is 0 Å². The van der Waals surface area contributed by atoms with Crippen molar-refractivity contribution in [1.29, 1.82) is 0 Å². The summed E-state index contributed by atoms with van der Waals surface area (Å²) in [5.41, 5.74) is 0.909. The topological polar surface area (TPSA) is 95.5 Å². The van der Waals surface area contributed by atoms with Crippen LogP contribution < -0.4 is 10.6 Å². The fraction of sp³-hybridized carbons (Fsp3) is 0.526. The predicted octanol–water partition coefficient (Wildman–Crippen LogP) is 1.74. The number of nitrogens with one attached hydrogen (secondary N) is 2. The molecule has 2 unspecified atom stereocenters. The molecule has 25 heavy (non-hydrogen) atoms. The molecule has 1 saturated carbocycles. The number of amides is 2. The summed E-state index contributed by atoms with van der Waals surface area (Å²) in [7, 11) is 0. The van der Waals surface area contributed by atoms with Crippen molar-refractivity contribution in [3.8, 4) is 0 Å². The minimum absolute atomic E-state index is 0.0000914. The Kier molecular flexibility index (Phi) is 6.98. The molecule has 0 bridgehead atoms. The molecular weight excluding hydrogens is 320 g/mol. The minimum Gasteiger partial charge on any atom is -0.481 e. The van der Waals surface area contributed by atoms with E-state index in [-0.39, 0.29) is 24.3 Å². The van der Waals surface area contributed by atoms with Crippen LogP contribution in [0.1, 0.15) is 38.2 Å². The van der Waals surface area contributed by atoms with E-state index in [9.17, 15) is 19.5 Å². The standard InChI is InChI=1S/C19H26N2O4/c1-13(21-18(23)15-9-5-6-10-15)17(22)20-12-16(19(24)25)11-14-7-3-2-4-8-14/h2-4,7-8,13,15-16H,5-6,9-12H2,1H3,(H,20,22)(H,21,23)(H,24,25). The lowest BCUT2D eigenvalue weighted by atomic mass is 9.99. The molecule has 2 amide bonds. The number of benzene rings is 1. The van der Waals surface area contributed by atoms with Crippen LogP contribution in [-0.2, 0) is 20.8 Å². The van der Waals surface area contributed by atoms with Crippen molar-refractivity contribution in [2.45, 2.75) is 45.1 Å². The van der Waals surface area contributed by atoms with Gasteiger partial charge in [-0.1, -0.05) is 43.2 Å². The van der Waals surface area contributed by atoms with E-state index in [4.69, 9.17) is 0 Å². The number of hydrogen-bond acceptors (Lipinski definition) is 3. The number of carboxylic acid groups (broad SMARTS) is 1. The number of carboxylic acids is 1. The lowest BCUT2D eigenvalue weighted by molar-refractivity contribution is -0.141. The number of rotatable bonds is 8. The molecule has 1 aliphatic rings. The van der Waals surface area contributed by atoms with Gasteiger partial charge in [-0.25, -0.2) is 0 Å². The summed E-state index contributed by atoms with van der Waals surface area (Å²) in [5.74, 6) is -2.10. The van der Waals surface area contributed by atoms with Gasteiger partial charge in [-0.05, 0) is 31.7 Å². The molecule has 2 atom stereocenters. The van der Waals surface area contributed by atoms with Gasteiger partial charge in [0.05, 0.1) is 5.92 Å². The Morgan fingerprint density at radius 3 is 2.40 bits per heavy atom. The van der Waals surface area contributed by atoms with Gasteiger partial charge in [-0.2, -0.15) is 0 Å². The van der Waals surface area contributed by atoms with E-state index in [1.165, 1.54) is 0 Å². The normalized spacial score (nSPS) is 16.8. The van der Waals surface area contributed by atoms with E-state index in [0.29, 0.717) is 6.42 Å². The van der Waals surface area contributed by atoms with Crippen LogP contribution in [0, 0.1) is 11.8 Å². The van der Waals surface area contributed by atoms with E-state index in [2.05, 4.69) is 10.6 Å². The molecule has 0 aliphatic heterocycles. The number of hydrogen-bond donors (Lipinski definition) is 3. The first kappa shape index (κ1) is 19.0. The fourth-order valence-electron chi connectivity index (χ4n) is 3.11. The Balaban J connectivity index is 1.81. The van der Waals surface area contributed by atoms with Crippen molar-refractivity contribution in [2.24, 2.45) is 11.8 Å². The van der Waals surface area contributed by atoms with Crippen LogP contribution in [0.4, 0.5) is 0 Å². The van der Waals surface area contributed by atoms with Crippen molar-refractivity contribution in [3.05, 3.63) is 35.9 Å². The summed E-state index contributed by atoms with van der Waals surface area (Å²) in [4.78, 5) is 35.6.